The van der Waals surface area contributed by atoms with Crippen molar-refractivity contribution in [2.45, 2.75) is 13.5 Å². The number of hydrogen-bond donors (Lipinski definition) is 1. The van der Waals surface area contributed by atoms with E-state index in [0.29, 0.717) is 46.6 Å². The first-order valence-electron chi connectivity index (χ1n) is 11.9. The van der Waals surface area contributed by atoms with Gasteiger partial charge in [-0.05, 0) is 55.0 Å². The minimum Gasteiger partial charge on any atom is -0.465 e. The van der Waals surface area contributed by atoms with Crippen LogP contribution in [0, 0.1) is 6.92 Å². The van der Waals surface area contributed by atoms with Gasteiger partial charge in [0.15, 0.2) is 11.5 Å². The largest absolute Gasteiger partial charge is 0.465 e. The average molecular weight is 510 g/mol. The van der Waals surface area contributed by atoms with E-state index in [1.165, 1.54) is 7.11 Å². The lowest BCUT2D eigenvalue weighted by molar-refractivity contribution is 0.0600. The topological polar surface area (TPSA) is 110 Å². The van der Waals surface area contributed by atoms with Crippen LogP contribution in [-0.4, -0.2) is 45.1 Å². The number of nitrogens with zero attached hydrogens (tertiary/aromatic N) is 4. The molecule has 1 amide bonds. The lowest BCUT2D eigenvalue weighted by Gasteiger charge is -2.13. The molecule has 3 aromatic carbocycles. The third-order valence-electron chi connectivity index (χ3n) is 6.25. The fraction of sp³-hybridized carbons (Fsp3) is 0.143. The highest BCUT2D eigenvalue weighted by atomic mass is 16.7. The number of methoxy groups -OCH3 is 1. The molecule has 0 fully saturated rings. The molecule has 1 aliphatic rings. The Morgan fingerprint density at radius 1 is 0.974 bits per heavy atom. The fourth-order valence-corrected chi connectivity index (χ4v) is 4.39. The van der Waals surface area contributed by atoms with Gasteiger partial charge in [0.25, 0.3) is 5.91 Å². The van der Waals surface area contributed by atoms with Gasteiger partial charge in [0.2, 0.25) is 12.7 Å². The number of nitrogens with one attached hydrogen (secondary N) is 1. The predicted octanol–water partition coefficient (Wildman–Crippen LogP) is 4.35. The number of aromatic nitrogens is 4. The molecular weight excluding hydrogens is 486 g/mol. The van der Waals surface area contributed by atoms with E-state index in [4.69, 9.17) is 19.2 Å². The van der Waals surface area contributed by atoms with Crippen LogP contribution in [0.25, 0.3) is 17.0 Å². The van der Waals surface area contributed by atoms with Gasteiger partial charge in [-0.25, -0.2) is 9.78 Å². The Bertz CT molecular complexity index is 1690. The van der Waals surface area contributed by atoms with E-state index in [9.17, 15) is 9.59 Å². The Hall–Kier alpha value is -5.12. The van der Waals surface area contributed by atoms with Crippen molar-refractivity contribution in [2.24, 2.45) is 0 Å². The molecule has 0 saturated carbocycles. The summed E-state index contributed by atoms with van der Waals surface area (Å²) in [6, 6.07) is 21.8. The number of ether oxygens (including phenoxy) is 3. The Morgan fingerprint density at radius 3 is 2.55 bits per heavy atom. The van der Waals surface area contributed by atoms with Crippen LogP contribution in [0.1, 0.15) is 32.0 Å². The van der Waals surface area contributed by atoms with Gasteiger partial charge < -0.3 is 24.1 Å². The van der Waals surface area contributed by atoms with E-state index in [1.807, 2.05) is 47.9 Å². The van der Waals surface area contributed by atoms with Crippen LogP contribution in [-0.2, 0) is 11.3 Å². The number of hydrogen-bond acceptors (Lipinski definition) is 7. The number of para-hydroxylation sites is 2. The summed E-state index contributed by atoms with van der Waals surface area (Å²) >= 11 is 0. The maximum absolute atomic E-state index is 13.2. The summed E-state index contributed by atoms with van der Waals surface area (Å²) in [5, 5.41) is 7.60. The van der Waals surface area contributed by atoms with E-state index < -0.39 is 0 Å². The van der Waals surface area contributed by atoms with Crippen molar-refractivity contribution in [3.8, 4) is 17.4 Å². The van der Waals surface area contributed by atoms with Gasteiger partial charge in [0.1, 0.15) is 5.82 Å². The molecule has 10 heteroatoms. The molecule has 0 aliphatic carbocycles. The van der Waals surface area contributed by atoms with Gasteiger partial charge in [-0.1, -0.05) is 24.3 Å². The first kappa shape index (κ1) is 23.3. The maximum Gasteiger partial charge on any atom is 0.337 e. The SMILES string of the molecule is COC(=O)c1ccc(Cn2c(-n3nc(C)cc3NC(=O)c3ccc4c(c3)OCO4)nc3ccccc32)cc1. The predicted molar refractivity (Wildman–Crippen MR) is 139 cm³/mol. The summed E-state index contributed by atoms with van der Waals surface area (Å²) < 4.78 is 19.2. The van der Waals surface area contributed by atoms with Gasteiger partial charge in [0.05, 0.1) is 35.9 Å². The van der Waals surface area contributed by atoms with Gasteiger partial charge >= 0.3 is 5.97 Å². The molecule has 0 saturated heterocycles. The minimum atomic E-state index is -0.389. The van der Waals surface area contributed by atoms with Crippen molar-refractivity contribution in [1.82, 2.24) is 19.3 Å². The zero-order chi connectivity index (χ0) is 26.2. The second-order valence-electron chi connectivity index (χ2n) is 8.78. The monoisotopic (exact) mass is 509 g/mol. The van der Waals surface area contributed by atoms with Crippen LogP contribution in [0.5, 0.6) is 11.5 Å². The number of carbonyl (C=O) groups excluding carboxylic acids is 2. The first-order valence-corrected chi connectivity index (χ1v) is 11.9. The van der Waals surface area contributed by atoms with E-state index in [0.717, 1.165) is 16.6 Å². The number of rotatable bonds is 6. The third kappa shape index (κ3) is 4.21. The Balaban J connectivity index is 1.36. The molecule has 5 aromatic rings. The number of aryl methyl sites for hydroxylation is 1. The number of carbonyl (C=O) groups is 2. The van der Waals surface area contributed by atoms with E-state index in [1.54, 1.807) is 41.1 Å². The van der Waals surface area contributed by atoms with Crippen LogP contribution in [0.2, 0.25) is 0 Å². The zero-order valence-electron chi connectivity index (χ0n) is 20.7. The molecular formula is C28H23N5O5. The average Bonchev–Trinajstić information content (AvgIpc) is 3.65. The van der Waals surface area contributed by atoms with Crippen LogP contribution >= 0.6 is 0 Å². The molecule has 38 heavy (non-hydrogen) atoms. The summed E-state index contributed by atoms with van der Waals surface area (Å²) in [6.45, 7) is 2.45. The summed E-state index contributed by atoms with van der Waals surface area (Å²) in [6.07, 6.45) is 0. The number of fused-ring (bicyclic) bond motifs is 2. The second-order valence-corrected chi connectivity index (χ2v) is 8.78. The minimum absolute atomic E-state index is 0.133. The molecule has 1 N–H and O–H groups in total. The van der Waals surface area contributed by atoms with Crippen molar-refractivity contribution in [3.05, 3.63) is 95.2 Å². The molecule has 0 radical (unpaired) electrons. The molecule has 0 spiro atoms. The van der Waals surface area contributed by atoms with Gasteiger partial charge in [-0.3, -0.25) is 4.79 Å². The molecule has 6 rings (SSSR count). The number of anilines is 1. The standard InChI is InChI=1S/C28H23N5O5/c1-17-13-25(30-26(34)20-11-12-23-24(14-20)38-16-37-23)33(31-17)28-29-21-5-3-4-6-22(21)32(28)15-18-7-9-19(10-8-18)27(35)36-2/h3-14H,15-16H2,1-2H3,(H,30,34). The summed E-state index contributed by atoms with van der Waals surface area (Å²) in [4.78, 5) is 29.8. The van der Waals surface area contributed by atoms with Crippen molar-refractivity contribution in [3.63, 3.8) is 0 Å². The summed E-state index contributed by atoms with van der Waals surface area (Å²) in [5.41, 5.74) is 4.27. The van der Waals surface area contributed by atoms with Crippen molar-refractivity contribution >= 4 is 28.7 Å². The lowest BCUT2D eigenvalue weighted by Crippen LogP contribution is -2.17. The molecule has 0 atom stereocenters. The van der Waals surface area contributed by atoms with E-state index in [-0.39, 0.29) is 18.7 Å². The molecule has 0 bridgehead atoms. The van der Waals surface area contributed by atoms with Crippen LogP contribution < -0.4 is 14.8 Å². The molecule has 10 nitrogen and oxygen atoms in total. The van der Waals surface area contributed by atoms with E-state index in [2.05, 4.69) is 10.4 Å². The highest BCUT2D eigenvalue weighted by Gasteiger charge is 2.21. The normalized spacial score (nSPS) is 12.1. The van der Waals surface area contributed by atoms with Crippen LogP contribution in [0.3, 0.4) is 0 Å². The third-order valence-corrected chi connectivity index (χ3v) is 6.25. The summed E-state index contributed by atoms with van der Waals surface area (Å²) in [5.74, 6) is 1.45. The molecule has 190 valence electrons. The van der Waals surface area contributed by atoms with Crippen molar-refractivity contribution in [2.75, 3.05) is 19.2 Å². The Kier molecular flexibility index (Phi) is 5.76. The van der Waals surface area contributed by atoms with E-state index >= 15 is 0 Å². The number of benzene rings is 3. The van der Waals surface area contributed by atoms with Crippen molar-refractivity contribution in [1.29, 1.82) is 0 Å². The highest BCUT2D eigenvalue weighted by Crippen LogP contribution is 2.33. The van der Waals surface area contributed by atoms with Crippen molar-refractivity contribution < 1.29 is 23.8 Å². The number of amides is 1. The van der Waals surface area contributed by atoms with Gasteiger partial charge in [-0.2, -0.15) is 9.78 Å². The molecule has 1 aliphatic heterocycles. The molecule has 3 heterocycles. The second kappa shape index (κ2) is 9.40. The van der Waals surface area contributed by atoms with Crippen LogP contribution in [0.15, 0.2) is 72.8 Å². The smallest absolute Gasteiger partial charge is 0.337 e. The summed E-state index contributed by atoms with van der Waals surface area (Å²) in [7, 11) is 1.36. The molecule has 0 unspecified atom stereocenters. The quantitative estimate of drug-likeness (QED) is 0.339. The van der Waals surface area contributed by atoms with Gasteiger partial charge in [0, 0.05) is 11.6 Å². The maximum atomic E-state index is 13.2. The van der Waals surface area contributed by atoms with Gasteiger partial charge in [-0.15, -0.1) is 0 Å². The first-order chi connectivity index (χ1) is 18.5. The van der Waals surface area contributed by atoms with Crippen LogP contribution in [0.4, 0.5) is 5.82 Å². The Morgan fingerprint density at radius 2 is 1.74 bits per heavy atom. The number of esters is 1. The Labute approximate surface area is 217 Å². The zero-order valence-corrected chi connectivity index (χ0v) is 20.7. The number of imidazole rings is 1. The highest BCUT2D eigenvalue weighted by molar-refractivity contribution is 6.04. The molecule has 2 aromatic heterocycles. The fourth-order valence-electron chi connectivity index (χ4n) is 4.39. The lowest BCUT2D eigenvalue weighted by atomic mass is 10.1.